The van der Waals surface area contributed by atoms with E-state index in [0.717, 1.165) is 6.42 Å². The quantitative estimate of drug-likeness (QED) is 0.607. The zero-order valence-corrected chi connectivity index (χ0v) is 10.9. The van der Waals surface area contributed by atoms with Gasteiger partial charge in [0.05, 0.1) is 5.92 Å². The van der Waals surface area contributed by atoms with E-state index in [-0.39, 0.29) is 11.6 Å². The third-order valence-corrected chi connectivity index (χ3v) is 3.91. The highest BCUT2D eigenvalue weighted by Crippen LogP contribution is 2.33. The average molecular weight is 245 g/mol. The number of hydrogen-bond donors (Lipinski definition) is 0. The summed E-state index contributed by atoms with van der Waals surface area (Å²) < 4.78 is 0. The second-order valence-electron chi connectivity index (χ2n) is 5.40. The molecule has 2 unspecified atom stereocenters. The molecule has 1 fully saturated rings. The first-order valence-corrected chi connectivity index (χ1v) is 6.56. The van der Waals surface area contributed by atoms with E-state index in [2.05, 4.69) is 18.8 Å². The van der Waals surface area contributed by atoms with Gasteiger partial charge in [-0.25, -0.2) is 0 Å². The van der Waals surface area contributed by atoms with Crippen LogP contribution in [0.4, 0.5) is 0 Å². The van der Waals surface area contributed by atoms with Gasteiger partial charge in [-0.05, 0) is 36.8 Å². The zero-order valence-electron chi connectivity index (χ0n) is 10.9. The molecule has 0 aliphatic heterocycles. The van der Waals surface area contributed by atoms with Crippen LogP contribution in [0.2, 0.25) is 0 Å². The maximum Gasteiger partial charge on any atom is 0.173 e. The maximum absolute atomic E-state index is 12.3. The van der Waals surface area contributed by atoms with Gasteiger partial charge in [-0.1, -0.05) is 13.8 Å². The topological polar surface area (TPSA) is 47.0 Å². The number of ketones is 2. The summed E-state index contributed by atoms with van der Waals surface area (Å²) in [7, 11) is 0. The van der Waals surface area contributed by atoms with Crippen LogP contribution >= 0.6 is 0 Å². The second-order valence-corrected chi connectivity index (χ2v) is 5.40. The lowest BCUT2D eigenvalue weighted by Gasteiger charge is -2.29. The molecule has 0 radical (unpaired) electrons. The van der Waals surface area contributed by atoms with E-state index in [4.69, 9.17) is 0 Å². The predicted octanol–water partition coefficient (Wildman–Crippen LogP) is 2.91. The van der Waals surface area contributed by atoms with E-state index in [0.29, 0.717) is 30.2 Å². The first-order chi connectivity index (χ1) is 8.59. The van der Waals surface area contributed by atoms with E-state index in [1.165, 1.54) is 0 Å². The van der Waals surface area contributed by atoms with Crippen molar-refractivity contribution in [3.63, 3.8) is 0 Å². The summed E-state index contributed by atoms with van der Waals surface area (Å²) in [5, 5.41) is 0. The van der Waals surface area contributed by atoms with Crippen molar-refractivity contribution in [1.29, 1.82) is 0 Å². The Morgan fingerprint density at radius 1 is 1.33 bits per heavy atom. The molecule has 0 bridgehead atoms. The number of pyridine rings is 1. The fourth-order valence-electron chi connectivity index (χ4n) is 2.63. The summed E-state index contributed by atoms with van der Waals surface area (Å²) in [6.45, 7) is 4.32. The van der Waals surface area contributed by atoms with Crippen LogP contribution < -0.4 is 0 Å². The van der Waals surface area contributed by atoms with Crippen molar-refractivity contribution in [1.82, 2.24) is 4.98 Å². The summed E-state index contributed by atoms with van der Waals surface area (Å²) >= 11 is 0. The molecule has 1 aliphatic rings. The first kappa shape index (κ1) is 12.9. The van der Waals surface area contributed by atoms with Crippen LogP contribution in [-0.4, -0.2) is 16.6 Å². The van der Waals surface area contributed by atoms with Crippen molar-refractivity contribution < 1.29 is 9.59 Å². The van der Waals surface area contributed by atoms with Gasteiger partial charge in [0.2, 0.25) is 0 Å². The molecule has 1 aromatic heterocycles. The van der Waals surface area contributed by atoms with Gasteiger partial charge in [-0.2, -0.15) is 0 Å². The Balaban J connectivity index is 2.16. The van der Waals surface area contributed by atoms with Gasteiger partial charge in [0.1, 0.15) is 5.78 Å². The van der Waals surface area contributed by atoms with Crippen LogP contribution in [0.5, 0.6) is 0 Å². The normalized spacial score (nSPS) is 24.3. The minimum absolute atomic E-state index is 0.0345. The number of Topliss-reactive ketones (excluding diaryl/α,β-unsaturated/α-hetero) is 2. The lowest BCUT2D eigenvalue weighted by molar-refractivity contribution is -0.124. The van der Waals surface area contributed by atoms with Gasteiger partial charge in [0, 0.05) is 24.4 Å². The van der Waals surface area contributed by atoms with Crippen molar-refractivity contribution in [3.8, 4) is 0 Å². The van der Waals surface area contributed by atoms with Gasteiger partial charge in [0.25, 0.3) is 0 Å². The van der Waals surface area contributed by atoms with Gasteiger partial charge in [-0.3, -0.25) is 14.6 Å². The van der Waals surface area contributed by atoms with Gasteiger partial charge in [0.15, 0.2) is 5.78 Å². The highest BCUT2D eigenvalue weighted by atomic mass is 16.1. The molecule has 0 saturated heterocycles. The Labute approximate surface area is 108 Å². The Morgan fingerprint density at radius 2 is 2.00 bits per heavy atom. The number of nitrogens with zero attached hydrogens (tertiary/aromatic N) is 1. The van der Waals surface area contributed by atoms with Crippen LogP contribution in [0.1, 0.15) is 43.5 Å². The van der Waals surface area contributed by atoms with E-state index in [1.54, 1.807) is 24.5 Å². The summed E-state index contributed by atoms with van der Waals surface area (Å²) in [5.74, 6) is 0.652. The smallest absolute Gasteiger partial charge is 0.173 e. The molecule has 0 spiro atoms. The van der Waals surface area contributed by atoms with Crippen LogP contribution in [0.3, 0.4) is 0 Å². The molecule has 0 aromatic carbocycles. The zero-order chi connectivity index (χ0) is 13.1. The maximum atomic E-state index is 12.3. The molecule has 1 heterocycles. The molecule has 96 valence electrons. The van der Waals surface area contributed by atoms with Gasteiger partial charge >= 0.3 is 0 Å². The van der Waals surface area contributed by atoms with Gasteiger partial charge < -0.3 is 0 Å². The summed E-state index contributed by atoms with van der Waals surface area (Å²) in [5.41, 5.74) is 0.604. The van der Waals surface area contributed by atoms with Crippen LogP contribution in [-0.2, 0) is 4.79 Å². The average Bonchev–Trinajstić information content (AvgIpc) is 2.39. The van der Waals surface area contributed by atoms with Crippen LogP contribution in [0.15, 0.2) is 24.5 Å². The van der Waals surface area contributed by atoms with Crippen molar-refractivity contribution in [2.24, 2.45) is 17.8 Å². The molecule has 3 heteroatoms. The van der Waals surface area contributed by atoms with Crippen LogP contribution in [0, 0.1) is 17.8 Å². The van der Waals surface area contributed by atoms with Crippen molar-refractivity contribution in [2.75, 3.05) is 0 Å². The highest BCUT2D eigenvalue weighted by Gasteiger charge is 2.35. The van der Waals surface area contributed by atoms with Gasteiger partial charge in [-0.15, -0.1) is 0 Å². The molecule has 2 rings (SSSR count). The molecular weight excluding hydrogens is 226 g/mol. The van der Waals surface area contributed by atoms with E-state index >= 15 is 0 Å². The Kier molecular flexibility index (Phi) is 3.90. The molecule has 3 nitrogen and oxygen atoms in total. The van der Waals surface area contributed by atoms with Crippen molar-refractivity contribution >= 4 is 11.6 Å². The van der Waals surface area contributed by atoms with E-state index < -0.39 is 5.92 Å². The molecular formula is C15H19NO2. The molecule has 1 aliphatic carbocycles. The van der Waals surface area contributed by atoms with E-state index in [1.807, 2.05) is 0 Å². The number of carbonyl (C=O) groups is 2. The number of carbonyl (C=O) groups excluding carboxylic acids is 2. The molecule has 0 amide bonds. The fraction of sp³-hybridized carbons (Fsp3) is 0.533. The SMILES string of the molecule is CC(C)C1CCC(=O)C(C(=O)c2ccncc2)C1. The highest BCUT2D eigenvalue weighted by molar-refractivity contribution is 6.10. The standard InChI is InChI=1S/C15H19NO2/c1-10(2)12-3-4-14(17)13(9-12)15(18)11-5-7-16-8-6-11/h5-8,10,12-13H,3-4,9H2,1-2H3. The molecule has 2 atom stereocenters. The molecule has 18 heavy (non-hydrogen) atoms. The number of aromatic nitrogens is 1. The second kappa shape index (κ2) is 5.42. The summed E-state index contributed by atoms with van der Waals surface area (Å²) in [6.07, 6.45) is 5.37. The first-order valence-electron chi connectivity index (χ1n) is 6.56. The largest absolute Gasteiger partial charge is 0.299 e. The number of rotatable bonds is 3. The third-order valence-electron chi connectivity index (χ3n) is 3.91. The van der Waals surface area contributed by atoms with Crippen LogP contribution in [0.25, 0.3) is 0 Å². The molecule has 1 saturated carbocycles. The predicted molar refractivity (Wildman–Crippen MR) is 69.2 cm³/mol. The number of hydrogen-bond acceptors (Lipinski definition) is 3. The third kappa shape index (κ3) is 2.66. The lowest BCUT2D eigenvalue weighted by atomic mass is 9.73. The van der Waals surface area contributed by atoms with Crippen molar-refractivity contribution in [2.45, 2.75) is 33.1 Å². The fourth-order valence-corrected chi connectivity index (χ4v) is 2.63. The Hall–Kier alpha value is -1.51. The van der Waals surface area contributed by atoms with E-state index in [9.17, 15) is 9.59 Å². The minimum Gasteiger partial charge on any atom is -0.299 e. The lowest BCUT2D eigenvalue weighted by Crippen LogP contribution is -2.33. The monoisotopic (exact) mass is 245 g/mol. The Morgan fingerprint density at radius 3 is 2.61 bits per heavy atom. The Bertz CT molecular complexity index is 439. The van der Waals surface area contributed by atoms with Crippen molar-refractivity contribution in [3.05, 3.63) is 30.1 Å². The minimum atomic E-state index is -0.437. The summed E-state index contributed by atoms with van der Waals surface area (Å²) in [6, 6.07) is 3.38. The summed E-state index contributed by atoms with van der Waals surface area (Å²) in [4.78, 5) is 28.2. The molecule has 0 N–H and O–H groups in total. The molecule has 1 aromatic rings.